The van der Waals surface area contributed by atoms with E-state index in [4.69, 9.17) is 0 Å². The van der Waals surface area contributed by atoms with Crippen LogP contribution in [0.1, 0.15) is 40.8 Å². The molecule has 33 heavy (non-hydrogen) atoms. The van der Waals surface area contributed by atoms with Crippen LogP contribution in [0.3, 0.4) is 0 Å². The van der Waals surface area contributed by atoms with Crippen molar-refractivity contribution in [3.63, 3.8) is 0 Å². The molecule has 1 aliphatic heterocycles. The summed E-state index contributed by atoms with van der Waals surface area (Å²) >= 11 is 0. The molecule has 178 valence electrons. The fourth-order valence-corrected chi connectivity index (χ4v) is 4.09. The fourth-order valence-electron chi connectivity index (χ4n) is 4.09. The molecular formula is C23H24F4N2O4. The molecule has 5 rings (SSSR count). The first kappa shape index (κ1) is 21.6. The van der Waals surface area contributed by atoms with Crippen LogP contribution in [0, 0.1) is 5.82 Å². The van der Waals surface area contributed by atoms with Gasteiger partial charge in [-0.3, -0.25) is 4.79 Å². The molecule has 0 radical (unpaired) electrons. The number of ether oxygens (including phenoxy) is 2. The van der Waals surface area contributed by atoms with E-state index in [1.807, 2.05) is 0 Å². The summed E-state index contributed by atoms with van der Waals surface area (Å²) in [4.78, 5) is 19.9. The molecule has 10 heteroatoms. The number of aromatic nitrogens is 1. The molecule has 1 amide bonds. The van der Waals surface area contributed by atoms with Crippen LogP contribution in [0.15, 0.2) is 36.4 Å². The third kappa shape index (κ3) is 3.68. The molecule has 2 N–H and O–H groups in total. The number of nitrogens with one attached hydrogen (secondary N) is 2. The van der Waals surface area contributed by atoms with Gasteiger partial charge in [0, 0.05) is 30.9 Å². The summed E-state index contributed by atoms with van der Waals surface area (Å²) in [5.74, 6) is -1.36. The summed E-state index contributed by atoms with van der Waals surface area (Å²) < 4.78 is 62.7. The fraction of sp³-hybridized carbons (Fsp3) is 0.348. The summed E-state index contributed by atoms with van der Waals surface area (Å²) in [5.41, 5.74) is -0.0442. The van der Waals surface area contributed by atoms with Crippen molar-refractivity contribution in [2.24, 2.45) is 0 Å². The highest BCUT2D eigenvalue weighted by Crippen LogP contribution is 2.52. The van der Waals surface area contributed by atoms with Crippen molar-refractivity contribution in [2.75, 3.05) is 11.9 Å². The minimum atomic E-state index is -3.75. The maximum absolute atomic E-state index is 14.8. The van der Waals surface area contributed by atoms with Gasteiger partial charge in [0.1, 0.15) is 5.82 Å². The van der Waals surface area contributed by atoms with Gasteiger partial charge in [0.2, 0.25) is 5.91 Å². The molecule has 0 bridgehead atoms. The van der Waals surface area contributed by atoms with Gasteiger partial charge < -0.3 is 19.8 Å². The van der Waals surface area contributed by atoms with Crippen LogP contribution in [0.5, 0.6) is 11.5 Å². The Bertz CT molecular complexity index is 1280. The SMILES string of the molecule is CC(C)(COF)c1cc2cc(NC(=O)C3(c4ccc5c(c4)OC(F)(F)O5)CC3)c(F)cc2[nH]1.[HH].[HH]. The highest BCUT2D eigenvalue weighted by Gasteiger charge is 2.53. The first-order valence-corrected chi connectivity index (χ1v) is 10.3. The van der Waals surface area contributed by atoms with Crippen molar-refractivity contribution in [2.45, 2.75) is 43.8 Å². The molecule has 1 aromatic heterocycles. The molecule has 0 atom stereocenters. The normalized spacial score (nSPS) is 17.9. The number of amides is 1. The number of carbonyl (C=O) groups is 1. The largest absolute Gasteiger partial charge is 0.586 e. The predicted octanol–water partition coefficient (Wildman–Crippen LogP) is 5.97. The van der Waals surface area contributed by atoms with E-state index >= 15 is 0 Å². The van der Waals surface area contributed by atoms with Crippen molar-refractivity contribution in [1.29, 1.82) is 0 Å². The highest BCUT2D eigenvalue weighted by molar-refractivity contribution is 6.02. The predicted molar refractivity (Wildman–Crippen MR) is 115 cm³/mol. The zero-order chi connectivity index (χ0) is 23.6. The molecule has 0 unspecified atom stereocenters. The molecule has 1 fully saturated rings. The molecule has 6 nitrogen and oxygen atoms in total. The van der Waals surface area contributed by atoms with Crippen molar-refractivity contribution in [3.8, 4) is 11.5 Å². The van der Waals surface area contributed by atoms with Gasteiger partial charge in [0.15, 0.2) is 11.5 Å². The number of hydrogen-bond acceptors (Lipinski definition) is 4. The van der Waals surface area contributed by atoms with Crippen LogP contribution in [0.2, 0.25) is 0 Å². The summed E-state index contributed by atoms with van der Waals surface area (Å²) in [6.45, 7) is 3.36. The van der Waals surface area contributed by atoms with Crippen molar-refractivity contribution >= 4 is 22.5 Å². The zero-order valence-corrected chi connectivity index (χ0v) is 17.7. The van der Waals surface area contributed by atoms with Gasteiger partial charge >= 0.3 is 6.29 Å². The average molecular weight is 468 g/mol. The minimum Gasteiger partial charge on any atom is -0.395 e. The lowest BCUT2D eigenvalue weighted by molar-refractivity contribution is -0.286. The summed E-state index contributed by atoms with van der Waals surface area (Å²) in [6.07, 6.45) is -2.80. The van der Waals surface area contributed by atoms with Crippen molar-refractivity contribution < 1.29 is 39.8 Å². The van der Waals surface area contributed by atoms with E-state index in [9.17, 15) is 22.5 Å². The van der Waals surface area contributed by atoms with Gasteiger partial charge in [-0.2, -0.15) is 4.94 Å². The number of alkyl halides is 2. The molecule has 3 aromatic rings. The van der Waals surface area contributed by atoms with Gasteiger partial charge in [0.05, 0.1) is 17.7 Å². The maximum atomic E-state index is 14.8. The number of benzene rings is 2. The molecule has 2 aliphatic rings. The second-order valence-corrected chi connectivity index (χ2v) is 9.10. The summed E-state index contributed by atoms with van der Waals surface area (Å²) in [5, 5.41) is 3.26. The number of H-pyrrole nitrogens is 1. The zero-order valence-electron chi connectivity index (χ0n) is 17.7. The molecule has 2 heterocycles. The Hall–Kier alpha value is -3.27. The topological polar surface area (TPSA) is 72.6 Å². The first-order chi connectivity index (χ1) is 15.5. The first-order valence-electron chi connectivity index (χ1n) is 10.3. The number of rotatable bonds is 6. The Balaban J connectivity index is 0.00000171. The Morgan fingerprint density at radius 2 is 1.91 bits per heavy atom. The lowest BCUT2D eigenvalue weighted by atomic mass is 9.90. The quantitative estimate of drug-likeness (QED) is 0.437. The lowest BCUT2D eigenvalue weighted by Gasteiger charge is -2.20. The number of aromatic amines is 1. The van der Waals surface area contributed by atoms with E-state index in [0.717, 1.165) is 0 Å². The number of hydrogen-bond donors (Lipinski definition) is 2. The van der Waals surface area contributed by atoms with E-state index in [2.05, 4.69) is 24.7 Å². The smallest absolute Gasteiger partial charge is 0.395 e. The van der Waals surface area contributed by atoms with Gasteiger partial charge in [-0.15, -0.1) is 8.78 Å². The summed E-state index contributed by atoms with van der Waals surface area (Å²) in [6, 6.07) is 8.71. The van der Waals surface area contributed by atoms with Gasteiger partial charge in [0.25, 0.3) is 0 Å². The lowest BCUT2D eigenvalue weighted by Crippen LogP contribution is -2.28. The number of carbonyl (C=O) groups excluding carboxylic acids is 1. The van der Waals surface area contributed by atoms with Crippen LogP contribution >= 0.6 is 0 Å². The monoisotopic (exact) mass is 468 g/mol. The van der Waals surface area contributed by atoms with Crippen molar-refractivity contribution in [3.05, 3.63) is 53.5 Å². The molecule has 0 spiro atoms. The van der Waals surface area contributed by atoms with E-state index in [1.54, 1.807) is 19.9 Å². The van der Waals surface area contributed by atoms with Crippen molar-refractivity contribution in [1.82, 2.24) is 4.98 Å². The molecule has 0 saturated heterocycles. The Labute approximate surface area is 188 Å². The highest BCUT2D eigenvalue weighted by atomic mass is 19.3. The standard InChI is InChI=1S/C23H20F4N2O4.2H2/c1-21(2,11-31-27)19-8-12-7-16(14(24)10-15(12)28-19)29-20(30)22(5-6-22)13-3-4-17-18(9-13)33-23(25,26)32-17;;/h3-4,7-10,28H,5-6,11H2,1-2H3,(H,29,30);2*1H. The molecular weight excluding hydrogens is 444 g/mol. The van der Waals surface area contributed by atoms with E-state index in [1.165, 1.54) is 30.3 Å². The van der Waals surface area contributed by atoms with Crippen LogP contribution in [-0.2, 0) is 20.6 Å². The van der Waals surface area contributed by atoms with Crippen LogP contribution in [-0.4, -0.2) is 23.8 Å². The number of halogens is 4. The van der Waals surface area contributed by atoms with Crippen LogP contribution in [0.4, 0.5) is 23.4 Å². The molecule has 2 aromatic carbocycles. The van der Waals surface area contributed by atoms with Gasteiger partial charge in [-0.05, 0) is 47.2 Å². The number of fused-ring (bicyclic) bond motifs is 2. The Kier molecular flexibility index (Phi) is 4.65. The van der Waals surface area contributed by atoms with Gasteiger partial charge in [-0.25, -0.2) is 4.39 Å². The van der Waals surface area contributed by atoms with Crippen LogP contribution in [0.25, 0.3) is 10.9 Å². The maximum Gasteiger partial charge on any atom is 0.586 e. The third-order valence-electron chi connectivity index (χ3n) is 6.24. The molecule has 1 saturated carbocycles. The summed E-state index contributed by atoms with van der Waals surface area (Å²) in [7, 11) is 0. The third-order valence-corrected chi connectivity index (χ3v) is 6.24. The van der Waals surface area contributed by atoms with E-state index in [-0.39, 0.29) is 26.6 Å². The average Bonchev–Trinajstić information content (AvgIpc) is 3.34. The second kappa shape index (κ2) is 7.11. The van der Waals surface area contributed by atoms with Crippen LogP contribution < -0.4 is 14.8 Å². The Morgan fingerprint density at radius 3 is 2.61 bits per heavy atom. The number of anilines is 1. The minimum absolute atomic E-state index is 0. The van der Waals surface area contributed by atoms with E-state index < -0.39 is 28.8 Å². The Morgan fingerprint density at radius 1 is 1.18 bits per heavy atom. The second-order valence-electron chi connectivity index (χ2n) is 9.10. The van der Waals surface area contributed by atoms with Gasteiger partial charge in [-0.1, -0.05) is 19.9 Å². The van der Waals surface area contributed by atoms with E-state index in [0.29, 0.717) is 35.0 Å². The molecule has 1 aliphatic carbocycles.